The minimum Gasteiger partial charge on any atom is -0.494 e. The van der Waals surface area contributed by atoms with Gasteiger partial charge in [0.2, 0.25) is 11.7 Å². The van der Waals surface area contributed by atoms with Gasteiger partial charge in [-0.1, -0.05) is 18.2 Å². The van der Waals surface area contributed by atoms with E-state index < -0.39 is 23.3 Å². The fraction of sp³-hybridized carbons (Fsp3) is 0.286. The Morgan fingerprint density at radius 1 is 1.37 bits per heavy atom. The zero-order valence-corrected chi connectivity index (χ0v) is 15.9. The van der Waals surface area contributed by atoms with E-state index in [1.165, 1.54) is 13.0 Å². The molecule has 0 fully saturated rings. The third kappa shape index (κ3) is 3.63. The van der Waals surface area contributed by atoms with Gasteiger partial charge >= 0.3 is 0 Å². The van der Waals surface area contributed by atoms with Crippen molar-refractivity contribution in [2.45, 2.75) is 40.3 Å². The SMILES string of the molecule is C=CCn1c(O)c(C(=O)C(C)Oc2cccc(C)c2C)c(C)c(C#N)c1=O. The number of allylic oxidation sites excluding steroid dienone is 1. The van der Waals surface area contributed by atoms with Gasteiger partial charge in [0.15, 0.2) is 6.10 Å². The van der Waals surface area contributed by atoms with Crippen molar-refractivity contribution in [3.8, 4) is 17.7 Å². The average Bonchev–Trinajstić information content (AvgIpc) is 2.62. The molecular weight excluding hydrogens is 344 g/mol. The maximum atomic E-state index is 13.0. The normalized spacial score (nSPS) is 11.5. The molecule has 0 bridgehead atoms. The first-order valence-corrected chi connectivity index (χ1v) is 8.49. The Hall–Kier alpha value is -3.33. The number of aryl methyl sites for hydroxylation is 1. The number of Topliss-reactive ketones (excluding diaryl/α,β-unsaturated/α-hetero) is 1. The van der Waals surface area contributed by atoms with Crippen LogP contribution in [0.25, 0.3) is 0 Å². The Morgan fingerprint density at radius 2 is 2.04 bits per heavy atom. The predicted octanol–water partition coefficient (Wildman–Crippen LogP) is 3.19. The van der Waals surface area contributed by atoms with Crippen molar-refractivity contribution in [3.63, 3.8) is 0 Å². The van der Waals surface area contributed by atoms with E-state index in [1.54, 1.807) is 13.0 Å². The summed E-state index contributed by atoms with van der Waals surface area (Å²) in [5.41, 5.74) is 1.14. The van der Waals surface area contributed by atoms with Crippen molar-refractivity contribution in [1.82, 2.24) is 4.57 Å². The Morgan fingerprint density at radius 3 is 2.63 bits per heavy atom. The third-order valence-corrected chi connectivity index (χ3v) is 4.59. The summed E-state index contributed by atoms with van der Waals surface area (Å²) in [5, 5.41) is 19.8. The lowest BCUT2D eigenvalue weighted by molar-refractivity contribution is 0.0811. The number of ketones is 1. The first-order chi connectivity index (χ1) is 12.7. The minimum absolute atomic E-state index is 0.0217. The first kappa shape index (κ1) is 20.0. The van der Waals surface area contributed by atoms with Crippen molar-refractivity contribution in [2.24, 2.45) is 0 Å². The van der Waals surface area contributed by atoms with Crippen LogP contribution in [-0.4, -0.2) is 21.6 Å². The quantitative estimate of drug-likeness (QED) is 0.626. The Balaban J connectivity index is 2.53. The second-order valence-corrected chi connectivity index (χ2v) is 6.34. The molecule has 0 radical (unpaired) electrons. The van der Waals surface area contributed by atoms with E-state index in [0.717, 1.165) is 15.7 Å². The van der Waals surface area contributed by atoms with Crippen molar-refractivity contribution < 1.29 is 14.6 Å². The summed E-state index contributed by atoms with van der Waals surface area (Å²) in [6.07, 6.45) is 0.485. The smallest absolute Gasteiger partial charge is 0.271 e. The highest BCUT2D eigenvalue weighted by molar-refractivity contribution is 6.03. The van der Waals surface area contributed by atoms with Gasteiger partial charge in [0, 0.05) is 6.54 Å². The molecule has 0 aliphatic heterocycles. The third-order valence-electron chi connectivity index (χ3n) is 4.59. The van der Waals surface area contributed by atoms with Gasteiger partial charge in [-0.15, -0.1) is 6.58 Å². The second-order valence-electron chi connectivity index (χ2n) is 6.34. The number of carbonyl (C=O) groups excluding carboxylic acids is 1. The summed E-state index contributed by atoms with van der Waals surface area (Å²) in [4.78, 5) is 25.3. The number of nitrogens with zero attached hydrogens (tertiary/aromatic N) is 2. The number of aromatic nitrogens is 1. The summed E-state index contributed by atoms with van der Waals surface area (Å²) in [6.45, 7) is 10.4. The lowest BCUT2D eigenvalue weighted by Crippen LogP contribution is -2.30. The molecule has 2 rings (SSSR count). The molecule has 0 spiro atoms. The molecule has 1 N–H and O–H groups in total. The number of carbonyl (C=O) groups is 1. The summed E-state index contributed by atoms with van der Waals surface area (Å²) >= 11 is 0. The molecule has 1 aromatic carbocycles. The van der Waals surface area contributed by atoms with Crippen LogP contribution in [0.5, 0.6) is 11.6 Å². The molecule has 0 amide bonds. The Bertz CT molecular complexity index is 1010. The number of pyridine rings is 1. The van der Waals surface area contributed by atoms with E-state index in [2.05, 4.69) is 6.58 Å². The molecule has 140 valence electrons. The zero-order chi connectivity index (χ0) is 20.3. The standard InChI is InChI=1S/C21H22N2O4/c1-6-10-23-20(25)16(11-22)14(4)18(21(23)26)19(24)15(5)27-17-9-7-8-12(2)13(17)3/h6-9,15,26H,1,10H2,2-5H3. The topological polar surface area (TPSA) is 92.3 Å². The monoisotopic (exact) mass is 366 g/mol. The Kier molecular flexibility index (Phi) is 5.86. The molecule has 6 nitrogen and oxygen atoms in total. The highest BCUT2D eigenvalue weighted by Gasteiger charge is 2.28. The number of hydrogen-bond acceptors (Lipinski definition) is 5. The van der Waals surface area contributed by atoms with Crippen molar-refractivity contribution in [2.75, 3.05) is 0 Å². The van der Waals surface area contributed by atoms with E-state index in [1.807, 2.05) is 32.0 Å². The van der Waals surface area contributed by atoms with Crippen LogP contribution in [0.4, 0.5) is 0 Å². The maximum absolute atomic E-state index is 13.0. The van der Waals surface area contributed by atoms with E-state index in [9.17, 15) is 20.0 Å². The molecule has 0 saturated heterocycles. The van der Waals surface area contributed by atoms with Gasteiger partial charge in [-0.25, -0.2) is 0 Å². The highest BCUT2D eigenvalue weighted by Crippen LogP contribution is 2.26. The molecule has 0 saturated carbocycles. The van der Waals surface area contributed by atoms with Crippen LogP contribution in [-0.2, 0) is 6.54 Å². The first-order valence-electron chi connectivity index (χ1n) is 8.49. The van der Waals surface area contributed by atoms with Crippen LogP contribution < -0.4 is 10.3 Å². The molecule has 1 atom stereocenters. The van der Waals surface area contributed by atoms with E-state index in [0.29, 0.717) is 5.75 Å². The van der Waals surface area contributed by atoms with Crippen molar-refractivity contribution in [1.29, 1.82) is 5.26 Å². The number of benzene rings is 1. The van der Waals surface area contributed by atoms with E-state index in [-0.39, 0.29) is 23.2 Å². The van der Waals surface area contributed by atoms with Gasteiger partial charge in [0.25, 0.3) is 5.56 Å². The summed E-state index contributed by atoms with van der Waals surface area (Å²) in [5.74, 6) is -0.439. The van der Waals surface area contributed by atoms with Crippen LogP contribution in [0, 0.1) is 32.1 Å². The lowest BCUT2D eigenvalue weighted by Gasteiger charge is -2.19. The molecule has 6 heteroatoms. The molecule has 2 aromatic rings. The van der Waals surface area contributed by atoms with Gasteiger partial charge in [0.1, 0.15) is 17.4 Å². The fourth-order valence-corrected chi connectivity index (χ4v) is 2.84. The van der Waals surface area contributed by atoms with Crippen LogP contribution in [0.3, 0.4) is 0 Å². The maximum Gasteiger partial charge on any atom is 0.271 e. The van der Waals surface area contributed by atoms with E-state index in [4.69, 9.17) is 4.74 Å². The number of hydrogen-bond donors (Lipinski definition) is 1. The van der Waals surface area contributed by atoms with Gasteiger partial charge in [-0.2, -0.15) is 5.26 Å². The van der Waals surface area contributed by atoms with Crippen LogP contribution in [0.2, 0.25) is 0 Å². The molecule has 27 heavy (non-hydrogen) atoms. The molecule has 1 heterocycles. The van der Waals surface area contributed by atoms with Gasteiger partial charge in [0.05, 0.1) is 5.56 Å². The van der Waals surface area contributed by atoms with Crippen LogP contribution >= 0.6 is 0 Å². The molecular formula is C21H22N2O4. The number of ether oxygens (including phenoxy) is 1. The minimum atomic E-state index is -0.920. The van der Waals surface area contributed by atoms with Gasteiger partial charge in [-0.05, 0) is 50.5 Å². The second kappa shape index (κ2) is 7.92. The Labute approximate surface area is 158 Å². The van der Waals surface area contributed by atoms with Gasteiger partial charge in [-0.3, -0.25) is 14.2 Å². The molecule has 0 aliphatic carbocycles. The highest BCUT2D eigenvalue weighted by atomic mass is 16.5. The molecule has 0 aliphatic rings. The largest absolute Gasteiger partial charge is 0.494 e. The van der Waals surface area contributed by atoms with Crippen molar-refractivity contribution >= 4 is 5.78 Å². The lowest BCUT2D eigenvalue weighted by atomic mass is 9.99. The zero-order valence-electron chi connectivity index (χ0n) is 15.9. The summed E-state index contributed by atoms with van der Waals surface area (Å²) in [6, 6.07) is 7.35. The predicted molar refractivity (Wildman–Crippen MR) is 102 cm³/mol. The summed E-state index contributed by atoms with van der Waals surface area (Å²) in [7, 11) is 0. The number of aromatic hydroxyl groups is 1. The van der Waals surface area contributed by atoms with Gasteiger partial charge < -0.3 is 9.84 Å². The molecule has 1 unspecified atom stereocenters. The number of rotatable bonds is 6. The number of nitriles is 1. The summed E-state index contributed by atoms with van der Waals surface area (Å²) < 4.78 is 6.76. The van der Waals surface area contributed by atoms with E-state index >= 15 is 0 Å². The van der Waals surface area contributed by atoms with Crippen LogP contribution in [0.15, 0.2) is 35.6 Å². The molecule has 1 aromatic heterocycles. The van der Waals surface area contributed by atoms with Crippen molar-refractivity contribution in [3.05, 3.63) is 69.0 Å². The fourth-order valence-electron chi connectivity index (χ4n) is 2.84. The average molecular weight is 366 g/mol. The van der Waals surface area contributed by atoms with Crippen LogP contribution in [0.1, 0.15) is 39.5 Å².